The van der Waals surface area contributed by atoms with E-state index in [1.807, 2.05) is 24.8 Å². The molecule has 0 saturated carbocycles. The van der Waals surface area contributed by atoms with Crippen LogP contribution in [-0.2, 0) is 0 Å². The second kappa shape index (κ2) is 5.32. The van der Waals surface area contributed by atoms with Crippen molar-refractivity contribution in [3.05, 3.63) is 42.7 Å². The number of carbonyl (C=O) groups is 1. The Morgan fingerprint density at radius 1 is 1.30 bits per heavy atom. The van der Waals surface area contributed by atoms with E-state index in [1.165, 1.54) is 0 Å². The summed E-state index contributed by atoms with van der Waals surface area (Å²) in [5.41, 5.74) is 6.60. The lowest BCUT2D eigenvalue weighted by molar-refractivity contribution is 0.0995. The van der Waals surface area contributed by atoms with E-state index in [-0.39, 0.29) is 0 Å². The summed E-state index contributed by atoms with van der Waals surface area (Å²) in [5, 5.41) is 0. The van der Waals surface area contributed by atoms with Gasteiger partial charge >= 0.3 is 0 Å². The second-order valence-corrected chi connectivity index (χ2v) is 4.99. The van der Waals surface area contributed by atoms with Gasteiger partial charge in [-0.15, -0.1) is 0 Å². The average Bonchev–Trinajstić information content (AvgIpc) is 3.02. The molecule has 20 heavy (non-hydrogen) atoms. The van der Waals surface area contributed by atoms with Crippen LogP contribution in [0.4, 0.5) is 5.69 Å². The van der Waals surface area contributed by atoms with Gasteiger partial charge in [0.25, 0.3) is 5.91 Å². The number of nitrogens with zero attached hydrogens (tertiary/aromatic N) is 4. The van der Waals surface area contributed by atoms with Crippen LogP contribution in [0, 0.1) is 0 Å². The maximum Gasteiger partial charge on any atom is 0.267 e. The highest BCUT2D eigenvalue weighted by atomic mass is 16.1. The van der Waals surface area contributed by atoms with E-state index in [4.69, 9.17) is 5.73 Å². The number of hydrogen-bond acceptors (Lipinski definition) is 4. The van der Waals surface area contributed by atoms with Gasteiger partial charge in [0.2, 0.25) is 0 Å². The third kappa shape index (κ3) is 2.49. The van der Waals surface area contributed by atoms with Crippen LogP contribution in [0.3, 0.4) is 0 Å². The van der Waals surface area contributed by atoms with Gasteiger partial charge in [0.15, 0.2) is 0 Å². The Bertz CT molecular complexity index is 587. The number of carbonyl (C=O) groups excluding carboxylic acids is 1. The first-order valence-corrected chi connectivity index (χ1v) is 6.72. The molecule has 0 atom stereocenters. The Hall–Kier alpha value is -2.37. The predicted molar refractivity (Wildman–Crippen MR) is 75.5 cm³/mol. The zero-order valence-electron chi connectivity index (χ0n) is 11.1. The standard InChI is InChI=1S/C14H17N5O/c15-14(20)13-9-12(1-4-17-13)18-6-2-11(3-7-18)19-8-5-16-10-19/h1,4-5,8-11H,2-3,6-7H2,(H2,15,20). The Morgan fingerprint density at radius 2 is 2.10 bits per heavy atom. The molecule has 1 saturated heterocycles. The zero-order chi connectivity index (χ0) is 13.9. The van der Waals surface area contributed by atoms with Gasteiger partial charge in [-0.2, -0.15) is 0 Å². The van der Waals surface area contributed by atoms with Crippen LogP contribution in [-0.4, -0.2) is 33.5 Å². The van der Waals surface area contributed by atoms with Crippen LogP contribution in [0.2, 0.25) is 0 Å². The lowest BCUT2D eigenvalue weighted by Gasteiger charge is -2.34. The summed E-state index contributed by atoms with van der Waals surface area (Å²) in [5.74, 6) is -0.486. The molecule has 104 valence electrons. The average molecular weight is 271 g/mol. The first-order valence-electron chi connectivity index (χ1n) is 6.72. The van der Waals surface area contributed by atoms with Crippen LogP contribution in [0.15, 0.2) is 37.1 Å². The zero-order valence-corrected chi connectivity index (χ0v) is 11.1. The summed E-state index contributed by atoms with van der Waals surface area (Å²) < 4.78 is 2.17. The summed E-state index contributed by atoms with van der Waals surface area (Å²) in [4.78, 5) is 21.5. The molecular weight excluding hydrogens is 254 g/mol. The van der Waals surface area contributed by atoms with Crippen LogP contribution >= 0.6 is 0 Å². The van der Waals surface area contributed by atoms with Gasteiger partial charge in [0.05, 0.1) is 6.33 Å². The number of aromatic nitrogens is 3. The van der Waals surface area contributed by atoms with Crippen molar-refractivity contribution in [2.45, 2.75) is 18.9 Å². The van der Waals surface area contributed by atoms with E-state index < -0.39 is 5.91 Å². The first kappa shape index (κ1) is 12.7. The fourth-order valence-corrected chi connectivity index (χ4v) is 2.66. The largest absolute Gasteiger partial charge is 0.371 e. The van der Waals surface area contributed by atoms with Crippen molar-refractivity contribution in [3.8, 4) is 0 Å². The molecule has 3 heterocycles. The summed E-state index contributed by atoms with van der Waals surface area (Å²) >= 11 is 0. The van der Waals surface area contributed by atoms with E-state index >= 15 is 0 Å². The molecule has 0 spiro atoms. The van der Waals surface area contributed by atoms with Crippen LogP contribution in [0.25, 0.3) is 0 Å². The van der Waals surface area contributed by atoms with Crippen molar-refractivity contribution in [1.82, 2.24) is 14.5 Å². The summed E-state index contributed by atoms with van der Waals surface area (Å²) in [7, 11) is 0. The number of pyridine rings is 1. The minimum Gasteiger partial charge on any atom is -0.371 e. The first-order chi connectivity index (χ1) is 9.74. The molecular formula is C14H17N5O. The van der Waals surface area contributed by atoms with Gasteiger partial charge in [-0.05, 0) is 25.0 Å². The lowest BCUT2D eigenvalue weighted by Crippen LogP contribution is -2.34. The molecule has 1 fully saturated rings. The Kier molecular flexibility index (Phi) is 3.37. The van der Waals surface area contributed by atoms with Gasteiger partial charge in [-0.25, -0.2) is 4.98 Å². The molecule has 6 nitrogen and oxygen atoms in total. The molecule has 0 bridgehead atoms. The van der Waals surface area contributed by atoms with Crippen molar-refractivity contribution in [2.24, 2.45) is 5.73 Å². The molecule has 0 radical (unpaired) electrons. The fraction of sp³-hybridized carbons (Fsp3) is 0.357. The lowest BCUT2D eigenvalue weighted by atomic mass is 10.0. The Balaban J connectivity index is 1.69. The number of nitrogens with two attached hydrogens (primary N) is 1. The molecule has 1 aliphatic heterocycles. The van der Waals surface area contributed by atoms with Gasteiger partial charge in [-0.1, -0.05) is 0 Å². The normalized spacial score (nSPS) is 16.3. The Morgan fingerprint density at radius 3 is 2.75 bits per heavy atom. The summed E-state index contributed by atoms with van der Waals surface area (Å²) in [6.45, 7) is 1.90. The topological polar surface area (TPSA) is 77.0 Å². The minimum absolute atomic E-state index is 0.319. The predicted octanol–water partition coefficient (Wildman–Crippen LogP) is 1.22. The Labute approximate surface area is 117 Å². The van der Waals surface area contributed by atoms with E-state index in [1.54, 1.807) is 12.3 Å². The highest BCUT2D eigenvalue weighted by Crippen LogP contribution is 2.26. The maximum absolute atomic E-state index is 11.2. The fourth-order valence-electron chi connectivity index (χ4n) is 2.66. The van der Waals surface area contributed by atoms with Crippen LogP contribution < -0.4 is 10.6 Å². The van der Waals surface area contributed by atoms with E-state index in [9.17, 15) is 4.79 Å². The summed E-state index contributed by atoms with van der Waals surface area (Å²) in [6.07, 6.45) is 9.46. The second-order valence-electron chi connectivity index (χ2n) is 4.99. The number of anilines is 1. The molecule has 0 unspecified atom stereocenters. The molecule has 0 aliphatic carbocycles. The third-order valence-corrected chi connectivity index (χ3v) is 3.77. The van der Waals surface area contributed by atoms with Gasteiger partial charge in [0.1, 0.15) is 5.69 Å². The van der Waals surface area contributed by atoms with E-state index in [0.29, 0.717) is 11.7 Å². The summed E-state index contributed by atoms with van der Waals surface area (Å²) in [6, 6.07) is 4.19. The molecule has 2 aromatic heterocycles. The number of imidazole rings is 1. The monoisotopic (exact) mass is 271 g/mol. The number of rotatable bonds is 3. The molecule has 2 N–H and O–H groups in total. The molecule has 2 aromatic rings. The molecule has 3 rings (SSSR count). The third-order valence-electron chi connectivity index (χ3n) is 3.77. The van der Waals surface area contributed by atoms with Gasteiger partial charge in [-0.3, -0.25) is 9.78 Å². The van der Waals surface area contributed by atoms with Crippen molar-refractivity contribution in [1.29, 1.82) is 0 Å². The number of primary amides is 1. The van der Waals surface area contributed by atoms with Crippen LogP contribution in [0.1, 0.15) is 29.4 Å². The minimum atomic E-state index is -0.486. The number of amides is 1. The van der Waals surface area contributed by atoms with Crippen molar-refractivity contribution in [2.75, 3.05) is 18.0 Å². The van der Waals surface area contributed by atoms with Gasteiger partial charge in [0, 0.05) is 43.4 Å². The number of hydrogen-bond donors (Lipinski definition) is 1. The highest BCUT2D eigenvalue weighted by molar-refractivity contribution is 5.91. The maximum atomic E-state index is 11.2. The van der Waals surface area contributed by atoms with Crippen LogP contribution in [0.5, 0.6) is 0 Å². The van der Waals surface area contributed by atoms with Crippen molar-refractivity contribution < 1.29 is 4.79 Å². The molecule has 1 aliphatic rings. The smallest absolute Gasteiger partial charge is 0.267 e. The van der Waals surface area contributed by atoms with E-state index in [2.05, 4.69) is 19.4 Å². The SMILES string of the molecule is NC(=O)c1cc(N2CCC(n3ccnc3)CC2)ccn1. The van der Waals surface area contributed by atoms with Crippen molar-refractivity contribution >= 4 is 11.6 Å². The molecule has 0 aromatic carbocycles. The number of piperidine rings is 1. The van der Waals surface area contributed by atoms with E-state index in [0.717, 1.165) is 31.6 Å². The molecule has 1 amide bonds. The quantitative estimate of drug-likeness (QED) is 0.910. The highest BCUT2D eigenvalue weighted by Gasteiger charge is 2.20. The van der Waals surface area contributed by atoms with Gasteiger partial charge < -0.3 is 15.2 Å². The van der Waals surface area contributed by atoms with Crippen molar-refractivity contribution in [3.63, 3.8) is 0 Å². The molecule has 6 heteroatoms.